The molecule has 1 aliphatic heterocycles. The van der Waals surface area contributed by atoms with E-state index in [4.69, 9.17) is 0 Å². The van der Waals surface area contributed by atoms with Crippen LogP contribution >= 0.6 is 12.6 Å². The maximum atomic E-state index is 4.34. The molecule has 78 valence electrons. The van der Waals surface area contributed by atoms with Gasteiger partial charge in [-0.2, -0.15) is 12.6 Å². The van der Waals surface area contributed by atoms with E-state index >= 15 is 0 Å². The first kappa shape index (κ1) is 11.4. The van der Waals surface area contributed by atoms with Gasteiger partial charge in [-0.1, -0.05) is 13.8 Å². The van der Waals surface area contributed by atoms with Gasteiger partial charge in [-0.3, -0.25) is 0 Å². The Kier molecular flexibility index (Phi) is 4.60. The summed E-state index contributed by atoms with van der Waals surface area (Å²) in [4.78, 5) is 2.63. The molecule has 0 radical (unpaired) electrons. The van der Waals surface area contributed by atoms with Crippen molar-refractivity contribution in [2.45, 2.75) is 39.7 Å². The summed E-state index contributed by atoms with van der Waals surface area (Å²) in [6, 6.07) is 0.783. The van der Waals surface area contributed by atoms with Crippen LogP contribution in [0.25, 0.3) is 0 Å². The summed E-state index contributed by atoms with van der Waals surface area (Å²) in [7, 11) is 0. The Bertz CT molecular complexity index is 149. The van der Waals surface area contributed by atoms with Crippen LogP contribution in [0.3, 0.4) is 0 Å². The van der Waals surface area contributed by atoms with Crippen LogP contribution in [0.5, 0.6) is 0 Å². The second-order valence-electron chi connectivity index (χ2n) is 4.76. The second kappa shape index (κ2) is 5.26. The Balaban J connectivity index is 2.33. The topological polar surface area (TPSA) is 3.24 Å². The first-order valence-electron chi connectivity index (χ1n) is 5.48. The largest absolute Gasteiger partial charge is 0.300 e. The highest BCUT2D eigenvalue weighted by atomic mass is 32.1. The molecular formula is C11H23NS. The SMILES string of the molecule is CC1CCN(CC(C)CS)C(C)C1. The summed E-state index contributed by atoms with van der Waals surface area (Å²) < 4.78 is 0. The molecule has 0 saturated carbocycles. The van der Waals surface area contributed by atoms with Crippen molar-refractivity contribution < 1.29 is 0 Å². The molecular weight excluding hydrogens is 178 g/mol. The van der Waals surface area contributed by atoms with E-state index < -0.39 is 0 Å². The summed E-state index contributed by atoms with van der Waals surface area (Å²) in [5, 5.41) is 0. The first-order chi connectivity index (χ1) is 6.13. The van der Waals surface area contributed by atoms with Crippen LogP contribution in [0, 0.1) is 11.8 Å². The van der Waals surface area contributed by atoms with Gasteiger partial charge in [-0.05, 0) is 43.9 Å². The van der Waals surface area contributed by atoms with Gasteiger partial charge in [0.25, 0.3) is 0 Å². The number of nitrogens with zero attached hydrogens (tertiary/aromatic N) is 1. The standard InChI is InChI=1S/C11H23NS/c1-9-4-5-12(11(3)6-9)7-10(2)8-13/h9-11,13H,4-8H2,1-3H3. The maximum Gasteiger partial charge on any atom is 0.00695 e. The van der Waals surface area contributed by atoms with Crippen molar-refractivity contribution in [3.05, 3.63) is 0 Å². The lowest BCUT2D eigenvalue weighted by Crippen LogP contribution is -2.42. The highest BCUT2D eigenvalue weighted by molar-refractivity contribution is 7.80. The fourth-order valence-electron chi connectivity index (χ4n) is 2.19. The third-order valence-electron chi connectivity index (χ3n) is 3.13. The number of hydrogen-bond acceptors (Lipinski definition) is 2. The highest BCUT2D eigenvalue weighted by Crippen LogP contribution is 2.22. The van der Waals surface area contributed by atoms with Gasteiger partial charge in [-0.15, -0.1) is 0 Å². The molecule has 1 rings (SSSR count). The third kappa shape index (κ3) is 3.51. The maximum absolute atomic E-state index is 4.34. The zero-order chi connectivity index (χ0) is 9.84. The number of rotatable bonds is 3. The number of piperidine rings is 1. The summed E-state index contributed by atoms with van der Waals surface area (Å²) in [5.41, 5.74) is 0. The summed E-state index contributed by atoms with van der Waals surface area (Å²) >= 11 is 4.34. The molecule has 3 atom stereocenters. The van der Waals surface area contributed by atoms with E-state index in [0.717, 1.165) is 23.6 Å². The van der Waals surface area contributed by atoms with Gasteiger partial charge >= 0.3 is 0 Å². The van der Waals surface area contributed by atoms with Gasteiger partial charge in [0.2, 0.25) is 0 Å². The zero-order valence-electron chi connectivity index (χ0n) is 9.16. The quantitative estimate of drug-likeness (QED) is 0.687. The van der Waals surface area contributed by atoms with E-state index in [1.54, 1.807) is 0 Å². The Morgan fingerprint density at radius 2 is 2.15 bits per heavy atom. The summed E-state index contributed by atoms with van der Waals surface area (Å²) in [6.07, 6.45) is 2.75. The molecule has 1 heterocycles. The monoisotopic (exact) mass is 201 g/mol. The number of hydrogen-bond donors (Lipinski definition) is 1. The van der Waals surface area contributed by atoms with E-state index in [9.17, 15) is 0 Å². The normalized spacial score (nSPS) is 33.2. The van der Waals surface area contributed by atoms with Crippen LogP contribution in [0.4, 0.5) is 0 Å². The lowest BCUT2D eigenvalue weighted by Gasteiger charge is -2.37. The Labute approximate surface area is 88.3 Å². The fourth-order valence-corrected chi connectivity index (χ4v) is 2.30. The van der Waals surface area contributed by atoms with Crippen LogP contribution in [0.1, 0.15) is 33.6 Å². The van der Waals surface area contributed by atoms with E-state index in [2.05, 4.69) is 38.3 Å². The second-order valence-corrected chi connectivity index (χ2v) is 5.13. The molecule has 13 heavy (non-hydrogen) atoms. The summed E-state index contributed by atoms with van der Waals surface area (Å²) in [6.45, 7) is 9.55. The highest BCUT2D eigenvalue weighted by Gasteiger charge is 2.23. The van der Waals surface area contributed by atoms with E-state index in [0.29, 0.717) is 0 Å². The molecule has 1 fully saturated rings. The van der Waals surface area contributed by atoms with Crippen molar-refractivity contribution in [2.75, 3.05) is 18.8 Å². The minimum atomic E-state index is 0.735. The minimum absolute atomic E-state index is 0.735. The van der Waals surface area contributed by atoms with E-state index in [-0.39, 0.29) is 0 Å². The molecule has 0 bridgehead atoms. The van der Waals surface area contributed by atoms with Crippen molar-refractivity contribution in [3.63, 3.8) is 0 Å². The third-order valence-corrected chi connectivity index (χ3v) is 3.76. The Morgan fingerprint density at radius 3 is 2.69 bits per heavy atom. The predicted octanol–water partition coefficient (Wildman–Crippen LogP) is 2.67. The predicted molar refractivity (Wildman–Crippen MR) is 62.5 cm³/mol. The summed E-state index contributed by atoms with van der Waals surface area (Å²) in [5.74, 6) is 2.68. The Hall–Kier alpha value is 0.310. The van der Waals surface area contributed by atoms with Gasteiger partial charge in [0, 0.05) is 12.6 Å². The van der Waals surface area contributed by atoms with Gasteiger partial charge in [0.15, 0.2) is 0 Å². The molecule has 0 aliphatic carbocycles. The van der Waals surface area contributed by atoms with Gasteiger partial charge in [0.1, 0.15) is 0 Å². The van der Waals surface area contributed by atoms with Gasteiger partial charge in [-0.25, -0.2) is 0 Å². The molecule has 1 aliphatic rings. The smallest absolute Gasteiger partial charge is 0.00695 e. The molecule has 3 unspecified atom stereocenters. The molecule has 0 aromatic carbocycles. The van der Waals surface area contributed by atoms with Crippen molar-refractivity contribution in [3.8, 4) is 0 Å². The van der Waals surface area contributed by atoms with Crippen LogP contribution in [-0.4, -0.2) is 29.8 Å². The lowest BCUT2D eigenvalue weighted by molar-refractivity contribution is 0.116. The molecule has 1 nitrogen and oxygen atoms in total. The lowest BCUT2D eigenvalue weighted by atomic mass is 9.93. The van der Waals surface area contributed by atoms with E-state index in [1.807, 2.05) is 0 Å². The van der Waals surface area contributed by atoms with Crippen LogP contribution in [-0.2, 0) is 0 Å². The molecule has 0 amide bonds. The number of likely N-dealkylation sites (tertiary alicyclic amines) is 1. The first-order valence-corrected chi connectivity index (χ1v) is 6.11. The molecule has 0 spiro atoms. The average Bonchev–Trinajstić information content (AvgIpc) is 2.09. The molecule has 0 N–H and O–H groups in total. The number of thiol groups is 1. The molecule has 0 aromatic heterocycles. The average molecular weight is 201 g/mol. The van der Waals surface area contributed by atoms with Crippen molar-refractivity contribution in [2.24, 2.45) is 11.8 Å². The fraction of sp³-hybridized carbons (Fsp3) is 1.00. The molecule has 0 aromatic rings. The van der Waals surface area contributed by atoms with Crippen LogP contribution in [0.15, 0.2) is 0 Å². The zero-order valence-corrected chi connectivity index (χ0v) is 10.1. The van der Waals surface area contributed by atoms with Gasteiger partial charge < -0.3 is 4.90 Å². The van der Waals surface area contributed by atoms with Crippen LogP contribution in [0.2, 0.25) is 0 Å². The van der Waals surface area contributed by atoms with Crippen molar-refractivity contribution in [1.29, 1.82) is 0 Å². The van der Waals surface area contributed by atoms with Crippen molar-refractivity contribution >= 4 is 12.6 Å². The van der Waals surface area contributed by atoms with Crippen LogP contribution < -0.4 is 0 Å². The molecule has 2 heteroatoms. The molecule has 1 saturated heterocycles. The van der Waals surface area contributed by atoms with Gasteiger partial charge in [0.05, 0.1) is 0 Å². The van der Waals surface area contributed by atoms with E-state index in [1.165, 1.54) is 25.9 Å². The Morgan fingerprint density at radius 1 is 1.46 bits per heavy atom. The van der Waals surface area contributed by atoms with Crippen molar-refractivity contribution in [1.82, 2.24) is 4.90 Å². The minimum Gasteiger partial charge on any atom is -0.300 e.